The van der Waals surface area contributed by atoms with Crippen molar-refractivity contribution in [1.82, 2.24) is 9.55 Å². The van der Waals surface area contributed by atoms with E-state index in [1.54, 1.807) is 11.5 Å². The van der Waals surface area contributed by atoms with Crippen LogP contribution in [0.4, 0.5) is 4.39 Å². The lowest BCUT2D eigenvalue weighted by Crippen LogP contribution is -2.27. The molecule has 6 nitrogen and oxygen atoms in total. The van der Waals surface area contributed by atoms with Crippen molar-refractivity contribution in [3.8, 4) is 5.75 Å². The minimum absolute atomic E-state index is 0.169. The summed E-state index contributed by atoms with van der Waals surface area (Å²) in [6.07, 6.45) is -0.312. The van der Waals surface area contributed by atoms with Gasteiger partial charge in [-0.05, 0) is 49.7 Å². The lowest BCUT2D eigenvalue weighted by molar-refractivity contribution is -0.151. The number of aromatic amines is 1. The summed E-state index contributed by atoms with van der Waals surface area (Å²) in [5, 5.41) is 0. The number of rotatable bonds is 7. The zero-order valence-electron chi connectivity index (χ0n) is 14.3. The Labute approximate surface area is 149 Å². The Bertz CT molecular complexity index is 946. The van der Waals surface area contributed by atoms with Gasteiger partial charge in [-0.3, -0.25) is 4.57 Å². The van der Waals surface area contributed by atoms with Gasteiger partial charge in [0.25, 0.3) is 0 Å². The molecule has 0 amide bonds. The molecule has 0 radical (unpaired) electrons. The summed E-state index contributed by atoms with van der Waals surface area (Å²) in [4.78, 5) is 26.7. The van der Waals surface area contributed by atoms with Crippen LogP contribution in [0.1, 0.15) is 13.3 Å². The number of esters is 1. The number of benzene rings is 2. The van der Waals surface area contributed by atoms with E-state index >= 15 is 0 Å². The number of fused-ring (bicyclic) bond motifs is 1. The van der Waals surface area contributed by atoms with Crippen molar-refractivity contribution in [1.29, 1.82) is 0 Å². The first-order valence-corrected chi connectivity index (χ1v) is 8.31. The first-order valence-electron chi connectivity index (χ1n) is 8.31. The lowest BCUT2D eigenvalue weighted by atomic mass is 10.3. The van der Waals surface area contributed by atoms with Crippen molar-refractivity contribution in [3.05, 3.63) is 64.8 Å². The largest absolute Gasteiger partial charge is 0.479 e. The quantitative estimate of drug-likeness (QED) is 0.521. The first-order chi connectivity index (χ1) is 12.5. The average Bonchev–Trinajstić information content (AvgIpc) is 2.95. The van der Waals surface area contributed by atoms with E-state index in [0.717, 1.165) is 11.0 Å². The molecule has 26 heavy (non-hydrogen) atoms. The van der Waals surface area contributed by atoms with Crippen LogP contribution in [0.3, 0.4) is 0 Å². The summed E-state index contributed by atoms with van der Waals surface area (Å²) >= 11 is 0. The number of nitrogens with zero attached hydrogens (tertiary/aromatic N) is 1. The van der Waals surface area contributed by atoms with Gasteiger partial charge >= 0.3 is 11.7 Å². The van der Waals surface area contributed by atoms with Gasteiger partial charge in [-0.25, -0.2) is 14.0 Å². The molecule has 0 aliphatic rings. The van der Waals surface area contributed by atoms with E-state index in [-0.39, 0.29) is 18.1 Å². The molecule has 1 N–H and O–H groups in total. The van der Waals surface area contributed by atoms with Crippen molar-refractivity contribution in [2.75, 3.05) is 6.61 Å². The van der Waals surface area contributed by atoms with Gasteiger partial charge in [0, 0.05) is 6.54 Å². The summed E-state index contributed by atoms with van der Waals surface area (Å²) in [5.41, 5.74) is 1.40. The predicted octanol–water partition coefficient (Wildman–Crippen LogP) is 2.87. The highest BCUT2D eigenvalue weighted by Crippen LogP contribution is 2.14. The minimum atomic E-state index is -0.809. The second-order valence-electron chi connectivity index (χ2n) is 5.83. The molecule has 0 saturated heterocycles. The maximum absolute atomic E-state index is 12.9. The highest BCUT2D eigenvalue weighted by molar-refractivity contribution is 5.75. The molecule has 0 fully saturated rings. The molecule has 0 aliphatic carbocycles. The van der Waals surface area contributed by atoms with Gasteiger partial charge in [0.1, 0.15) is 11.6 Å². The van der Waals surface area contributed by atoms with Crippen LogP contribution in [-0.4, -0.2) is 28.2 Å². The van der Waals surface area contributed by atoms with E-state index in [4.69, 9.17) is 9.47 Å². The van der Waals surface area contributed by atoms with Crippen LogP contribution in [0.25, 0.3) is 11.0 Å². The number of aryl methyl sites for hydroxylation is 1. The number of nitrogens with one attached hydrogen (secondary N) is 1. The molecular weight excluding hydrogens is 339 g/mol. The van der Waals surface area contributed by atoms with Crippen molar-refractivity contribution in [2.24, 2.45) is 0 Å². The number of ether oxygens (including phenoxy) is 2. The predicted molar refractivity (Wildman–Crippen MR) is 94.6 cm³/mol. The fraction of sp³-hybridized carbons (Fsp3) is 0.263. The molecule has 1 aromatic heterocycles. The Morgan fingerprint density at radius 3 is 2.69 bits per heavy atom. The third-order valence-electron chi connectivity index (χ3n) is 3.91. The Morgan fingerprint density at radius 2 is 1.92 bits per heavy atom. The van der Waals surface area contributed by atoms with E-state index in [1.165, 1.54) is 24.3 Å². The molecular formula is C19H19FN2O4. The van der Waals surface area contributed by atoms with E-state index in [9.17, 15) is 14.0 Å². The van der Waals surface area contributed by atoms with Crippen molar-refractivity contribution >= 4 is 17.0 Å². The van der Waals surface area contributed by atoms with Crippen LogP contribution in [0.15, 0.2) is 53.3 Å². The third kappa shape index (κ3) is 4.11. The van der Waals surface area contributed by atoms with Crippen LogP contribution in [0, 0.1) is 5.82 Å². The number of hydrogen-bond acceptors (Lipinski definition) is 4. The molecule has 1 atom stereocenters. The smallest absolute Gasteiger partial charge is 0.347 e. The van der Waals surface area contributed by atoms with Crippen LogP contribution in [0.5, 0.6) is 5.75 Å². The maximum atomic E-state index is 12.9. The van der Waals surface area contributed by atoms with Crippen LogP contribution < -0.4 is 10.4 Å². The number of hydrogen-bond donors (Lipinski definition) is 1. The molecule has 0 aliphatic heterocycles. The van der Waals surface area contributed by atoms with E-state index in [1.807, 2.05) is 24.3 Å². The number of para-hydroxylation sites is 2. The zero-order valence-corrected chi connectivity index (χ0v) is 14.3. The lowest BCUT2D eigenvalue weighted by Gasteiger charge is -2.14. The molecule has 0 saturated carbocycles. The van der Waals surface area contributed by atoms with Crippen molar-refractivity contribution in [2.45, 2.75) is 26.0 Å². The SMILES string of the molecule is CC(Oc1ccc(F)cc1)C(=O)OCCCn1c(=O)[nH]c2ccccc21. The minimum Gasteiger partial charge on any atom is -0.479 e. The maximum Gasteiger partial charge on any atom is 0.347 e. The second-order valence-corrected chi connectivity index (χ2v) is 5.83. The highest BCUT2D eigenvalue weighted by Gasteiger charge is 2.16. The van der Waals surface area contributed by atoms with Gasteiger partial charge in [-0.15, -0.1) is 0 Å². The molecule has 2 aromatic carbocycles. The van der Waals surface area contributed by atoms with Gasteiger partial charge < -0.3 is 14.5 Å². The van der Waals surface area contributed by atoms with Gasteiger partial charge in [-0.1, -0.05) is 12.1 Å². The normalized spacial score (nSPS) is 12.1. The number of carbonyl (C=O) groups is 1. The number of aromatic nitrogens is 2. The van der Waals surface area contributed by atoms with Crippen LogP contribution >= 0.6 is 0 Å². The van der Waals surface area contributed by atoms with E-state index < -0.39 is 12.1 Å². The summed E-state index contributed by atoms with van der Waals surface area (Å²) < 4.78 is 25.1. The molecule has 1 heterocycles. The van der Waals surface area contributed by atoms with Gasteiger partial charge in [0.15, 0.2) is 6.10 Å². The molecule has 3 aromatic rings. The summed E-state index contributed by atoms with van der Waals surface area (Å²) in [6, 6.07) is 12.8. The van der Waals surface area contributed by atoms with Gasteiger partial charge in [0.05, 0.1) is 17.6 Å². The molecule has 7 heteroatoms. The Kier molecular flexibility index (Phi) is 5.36. The summed E-state index contributed by atoms with van der Waals surface area (Å²) in [7, 11) is 0. The van der Waals surface area contributed by atoms with Gasteiger partial charge in [-0.2, -0.15) is 0 Å². The van der Waals surface area contributed by atoms with Crippen LogP contribution in [0.2, 0.25) is 0 Å². The molecule has 0 bridgehead atoms. The molecule has 0 spiro atoms. The first kappa shape index (κ1) is 17.7. The van der Waals surface area contributed by atoms with Crippen molar-refractivity contribution < 1.29 is 18.7 Å². The number of H-pyrrole nitrogens is 1. The fourth-order valence-electron chi connectivity index (χ4n) is 2.61. The zero-order chi connectivity index (χ0) is 18.5. The number of imidazole rings is 1. The Morgan fingerprint density at radius 1 is 1.19 bits per heavy atom. The van der Waals surface area contributed by atoms with Gasteiger partial charge in [0.2, 0.25) is 0 Å². The fourth-order valence-corrected chi connectivity index (χ4v) is 2.61. The van der Waals surface area contributed by atoms with E-state index in [0.29, 0.717) is 18.7 Å². The third-order valence-corrected chi connectivity index (χ3v) is 3.91. The van der Waals surface area contributed by atoms with Crippen molar-refractivity contribution in [3.63, 3.8) is 0 Å². The number of halogens is 1. The van der Waals surface area contributed by atoms with Crippen LogP contribution in [-0.2, 0) is 16.1 Å². The topological polar surface area (TPSA) is 73.3 Å². The highest BCUT2D eigenvalue weighted by atomic mass is 19.1. The second kappa shape index (κ2) is 7.86. The molecule has 3 rings (SSSR count). The monoisotopic (exact) mass is 358 g/mol. The summed E-state index contributed by atoms with van der Waals surface area (Å²) in [5.74, 6) is -0.498. The van der Waals surface area contributed by atoms with E-state index in [2.05, 4.69) is 4.98 Å². The Balaban J connectivity index is 1.48. The Hall–Kier alpha value is -3.09. The molecule has 136 valence electrons. The number of carbonyl (C=O) groups excluding carboxylic acids is 1. The summed E-state index contributed by atoms with van der Waals surface area (Å²) in [6.45, 7) is 2.17. The standard InChI is InChI=1S/C19H19FN2O4/c1-13(26-15-9-7-14(20)8-10-15)18(23)25-12-4-11-22-17-6-3-2-5-16(17)21-19(22)24/h2-3,5-10,13H,4,11-12H2,1H3,(H,21,24). The molecule has 1 unspecified atom stereocenters. The average molecular weight is 358 g/mol.